The van der Waals surface area contributed by atoms with E-state index in [0.29, 0.717) is 12.0 Å². The first-order chi connectivity index (χ1) is 9.77. The van der Waals surface area contributed by atoms with Crippen molar-refractivity contribution in [1.82, 2.24) is 10.2 Å². The van der Waals surface area contributed by atoms with Gasteiger partial charge < -0.3 is 15.0 Å². The van der Waals surface area contributed by atoms with Gasteiger partial charge in [0.05, 0.1) is 0 Å². The summed E-state index contributed by atoms with van der Waals surface area (Å²) in [5.41, 5.74) is 1.39. The molecule has 0 saturated carbocycles. The molecule has 4 heteroatoms. The van der Waals surface area contributed by atoms with Gasteiger partial charge in [-0.1, -0.05) is 30.3 Å². The summed E-state index contributed by atoms with van der Waals surface area (Å²) < 4.78 is 5.37. The van der Waals surface area contributed by atoms with Gasteiger partial charge in [-0.15, -0.1) is 0 Å². The van der Waals surface area contributed by atoms with Gasteiger partial charge in [-0.2, -0.15) is 0 Å². The molecule has 4 nitrogen and oxygen atoms in total. The SMILES string of the molecule is O=C(OCc1ccccc1)N1CC2(CCCNCC2)C1. The van der Waals surface area contributed by atoms with Crippen LogP contribution in [-0.4, -0.2) is 37.2 Å². The van der Waals surface area contributed by atoms with E-state index in [-0.39, 0.29) is 6.09 Å². The topological polar surface area (TPSA) is 41.6 Å². The lowest BCUT2D eigenvalue weighted by Crippen LogP contribution is -2.58. The molecular formula is C16H22N2O2. The molecule has 0 aliphatic carbocycles. The predicted molar refractivity (Wildman–Crippen MR) is 77.4 cm³/mol. The first-order valence-corrected chi connectivity index (χ1v) is 7.44. The number of nitrogens with zero attached hydrogens (tertiary/aromatic N) is 1. The van der Waals surface area contributed by atoms with E-state index in [9.17, 15) is 4.79 Å². The second-order valence-electron chi connectivity index (χ2n) is 6.00. The number of carbonyl (C=O) groups is 1. The average Bonchev–Trinajstić information content (AvgIpc) is 2.70. The van der Waals surface area contributed by atoms with Crippen molar-refractivity contribution >= 4 is 6.09 Å². The number of ether oxygens (including phenoxy) is 1. The van der Waals surface area contributed by atoms with E-state index in [1.807, 2.05) is 35.2 Å². The second-order valence-corrected chi connectivity index (χ2v) is 6.00. The average molecular weight is 274 g/mol. The Morgan fingerprint density at radius 2 is 2.00 bits per heavy atom. The van der Waals surface area contributed by atoms with Crippen molar-refractivity contribution in [2.75, 3.05) is 26.2 Å². The van der Waals surface area contributed by atoms with Crippen LogP contribution in [0.5, 0.6) is 0 Å². The van der Waals surface area contributed by atoms with Crippen molar-refractivity contribution in [1.29, 1.82) is 0 Å². The summed E-state index contributed by atoms with van der Waals surface area (Å²) in [7, 11) is 0. The van der Waals surface area contributed by atoms with Crippen LogP contribution in [0, 0.1) is 5.41 Å². The standard InChI is InChI=1S/C16H22N2O2/c19-15(20-11-14-5-2-1-3-6-14)18-12-16(13-18)7-4-9-17-10-8-16/h1-3,5-6,17H,4,7-13H2. The summed E-state index contributed by atoms with van der Waals surface area (Å²) in [6, 6.07) is 9.83. The van der Waals surface area contributed by atoms with E-state index >= 15 is 0 Å². The molecule has 2 aliphatic rings. The highest BCUT2D eigenvalue weighted by atomic mass is 16.6. The maximum absolute atomic E-state index is 12.0. The molecule has 2 saturated heterocycles. The third-order valence-electron chi connectivity index (χ3n) is 4.41. The monoisotopic (exact) mass is 274 g/mol. The van der Waals surface area contributed by atoms with E-state index in [1.54, 1.807) is 0 Å². The van der Waals surface area contributed by atoms with Crippen molar-refractivity contribution in [3.05, 3.63) is 35.9 Å². The largest absolute Gasteiger partial charge is 0.445 e. The van der Waals surface area contributed by atoms with E-state index in [1.165, 1.54) is 19.3 Å². The van der Waals surface area contributed by atoms with Gasteiger partial charge in [0.1, 0.15) is 6.61 Å². The van der Waals surface area contributed by atoms with Crippen LogP contribution < -0.4 is 5.32 Å². The fourth-order valence-electron chi connectivity index (χ4n) is 3.21. The molecule has 0 radical (unpaired) electrons. The van der Waals surface area contributed by atoms with E-state index in [4.69, 9.17) is 4.74 Å². The van der Waals surface area contributed by atoms with Crippen LogP contribution in [0.25, 0.3) is 0 Å². The van der Waals surface area contributed by atoms with Gasteiger partial charge in [0.2, 0.25) is 0 Å². The second kappa shape index (κ2) is 5.83. The number of rotatable bonds is 2. The molecule has 1 N–H and O–H groups in total. The van der Waals surface area contributed by atoms with Gasteiger partial charge >= 0.3 is 6.09 Å². The lowest BCUT2D eigenvalue weighted by molar-refractivity contribution is -0.0130. The maximum atomic E-state index is 12.0. The molecule has 0 atom stereocenters. The zero-order chi connectivity index (χ0) is 13.8. The highest BCUT2D eigenvalue weighted by Crippen LogP contribution is 2.39. The minimum Gasteiger partial charge on any atom is -0.445 e. The molecule has 1 aromatic carbocycles. The zero-order valence-corrected chi connectivity index (χ0v) is 11.8. The molecular weight excluding hydrogens is 252 g/mol. The number of likely N-dealkylation sites (tertiary alicyclic amines) is 1. The van der Waals surface area contributed by atoms with Crippen molar-refractivity contribution < 1.29 is 9.53 Å². The quantitative estimate of drug-likeness (QED) is 0.900. The number of hydrogen-bond donors (Lipinski definition) is 1. The third kappa shape index (κ3) is 2.96. The van der Waals surface area contributed by atoms with E-state index < -0.39 is 0 Å². The fourth-order valence-corrected chi connectivity index (χ4v) is 3.21. The molecule has 0 aromatic heterocycles. The highest BCUT2D eigenvalue weighted by molar-refractivity contribution is 5.69. The van der Waals surface area contributed by atoms with Gasteiger partial charge in [-0.25, -0.2) is 4.79 Å². The number of amides is 1. The minimum absolute atomic E-state index is 0.170. The van der Waals surface area contributed by atoms with Crippen LogP contribution in [0.1, 0.15) is 24.8 Å². The Balaban J connectivity index is 1.46. The lowest BCUT2D eigenvalue weighted by Gasteiger charge is -2.49. The first kappa shape index (κ1) is 13.4. The van der Waals surface area contributed by atoms with Crippen molar-refractivity contribution in [3.8, 4) is 0 Å². The normalized spacial score (nSPS) is 21.1. The van der Waals surface area contributed by atoms with Crippen LogP contribution in [0.15, 0.2) is 30.3 Å². The Morgan fingerprint density at radius 3 is 2.80 bits per heavy atom. The summed E-state index contributed by atoms with van der Waals surface area (Å²) in [6.07, 6.45) is 3.45. The number of carbonyl (C=O) groups excluding carboxylic acids is 1. The summed E-state index contributed by atoms with van der Waals surface area (Å²) in [5, 5.41) is 3.43. The molecule has 1 spiro atoms. The van der Waals surface area contributed by atoms with Crippen molar-refractivity contribution in [2.45, 2.75) is 25.9 Å². The van der Waals surface area contributed by atoms with Crippen LogP contribution in [0.4, 0.5) is 4.79 Å². The van der Waals surface area contributed by atoms with E-state index in [2.05, 4.69) is 5.32 Å². The van der Waals surface area contributed by atoms with Gasteiger partial charge in [0, 0.05) is 18.5 Å². The van der Waals surface area contributed by atoms with Crippen LogP contribution >= 0.6 is 0 Å². The summed E-state index contributed by atoms with van der Waals surface area (Å²) >= 11 is 0. The third-order valence-corrected chi connectivity index (χ3v) is 4.41. The minimum atomic E-state index is -0.170. The molecule has 20 heavy (non-hydrogen) atoms. The Kier molecular flexibility index (Phi) is 3.92. The Labute approximate surface area is 120 Å². The molecule has 0 bridgehead atoms. The summed E-state index contributed by atoms with van der Waals surface area (Å²) in [6.45, 7) is 4.28. The number of nitrogens with one attached hydrogen (secondary N) is 1. The highest BCUT2D eigenvalue weighted by Gasteiger charge is 2.45. The zero-order valence-electron chi connectivity index (χ0n) is 11.8. The van der Waals surface area contributed by atoms with Crippen LogP contribution in [0.2, 0.25) is 0 Å². The summed E-state index contributed by atoms with van der Waals surface area (Å²) in [5.74, 6) is 0. The number of benzene rings is 1. The molecule has 108 valence electrons. The molecule has 3 rings (SSSR count). The van der Waals surface area contributed by atoms with Gasteiger partial charge in [0.25, 0.3) is 0 Å². The summed E-state index contributed by atoms with van der Waals surface area (Å²) in [4.78, 5) is 13.8. The Hall–Kier alpha value is -1.55. The molecule has 1 aromatic rings. The maximum Gasteiger partial charge on any atom is 0.410 e. The van der Waals surface area contributed by atoms with Gasteiger partial charge in [0.15, 0.2) is 0 Å². The molecule has 2 heterocycles. The lowest BCUT2D eigenvalue weighted by atomic mass is 9.74. The molecule has 1 amide bonds. The van der Waals surface area contributed by atoms with E-state index in [0.717, 1.165) is 31.7 Å². The van der Waals surface area contributed by atoms with Crippen LogP contribution in [-0.2, 0) is 11.3 Å². The Bertz CT molecular complexity index is 445. The number of hydrogen-bond acceptors (Lipinski definition) is 3. The van der Waals surface area contributed by atoms with Gasteiger partial charge in [-0.3, -0.25) is 0 Å². The van der Waals surface area contributed by atoms with Crippen molar-refractivity contribution in [2.24, 2.45) is 5.41 Å². The Morgan fingerprint density at radius 1 is 1.20 bits per heavy atom. The first-order valence-electron chi connectivity index (χ1n) is 7.44. The van der Waals surface area contributed by atoms with Gasteiger partial charge in [-0.05, 0) is 37.9 Å². The predicted octanol–water partition coefficient (Wildman–Crippen LogP) is 2.40. The van der Waals surface area contributed by atoms with Crippen molar-refractivity contribution in [3.63, 3.8) is 0 Å². The molecule has 2 fully saturated rings. The smallest absolute Gasteiger partial charge is 0.410 e. The van der Waals surface area contributed by atoms with Crippen LogP contribution in [0.3, 0.4) is 0 Å². The fraction of sp³-hybridized carbons (Fsp3) is 0.562. The molecule has 2 aliphatic heterocycles. The molecule has 0 unspecified atom stereocenters.